The van der Waals surface area contributed by atoms with Gasteiger partial charge in [0, 0.05) is 11.6 Å². The second kappa shape index (κ2) is 7.49. The summed E-state index contributed by atoms with van der Waals surface area (Å²) in [6, 6.07) is 25.6. The van der Waals surface area contributed by atoms with Crippen LogP contribution in [0.2, 0.25) is 5.02 Å². The molecule has 1 aromatic heterocycles. The SMILES string of the molecule is N#Cc1ccc(C=Cc2nc3ccccc3n2Cc2cccc(Cl)c2)cc1. The molecule has 3 aromatic carbocycles. The zero-order valence-electron chi connectivity index (χ0n) is 14.5. The molecule has 0 amide bonds. The van der Waals surface area contributed by atoms with Gasteiger partial charge in [0.25, 0.3) is 0 Å². The summed E-state index contributed by atoms with van der Waals surface area (Å²) in [4.78, 5) is 4.77. The van der Waals surface area contributed by atoms with Gasteiger partial charge in [-0.1, -0.05) is 54.1 Å². The molecule has 0 spiro atoms. The molecule has 0 saturated carbocycles. The Morgan fingerprint density at radius 1 is 0.963 bits per heavy atom. The summed E-state index contributed by atoms with van der Waals surface area (Å²) in [5.41, 5.74) is 4.84. The average molecular weight is 370 g/mol. The minimum absolute atomic E-state index is 0.653. The topological polar surface area (TPSA) is 41.6 Å². The Labute approximate surface area is 162 Å². The highest BCUT2D eigenvalue weighted by molar-refractivity contribution is 6.30. The molecule has 0 atom stereocenters. The molecule has 0 fully saturated rings. The van der Waals surface area contributed by atoms with E-state index in [1.807, 2.05) is 72.8 Å². The zero-order chi connectivity index (χ0) is 18.6. The monoisotopic (exact) mass is 369 g/mol. The van der Waals surface area contributed by atoms with Crippen molar-refractivity contribution in [1.29, 1.82) is 5.26 Å². The second-order valence-electron chi connectivity index (χ2n) is 6.24. The van der Waals surface area contributed by atoms with E-state index in [1.54, 1.807) is 0 Å². The summed E-state index contributed by atoms with van der Waals surface area (Å²) in [7, 11) is 0. The van der Waals surface area contributed by atoms with Crippen LogP contribution >= 0.6 is 11.6 Å². The van der Waals surface area contributed by atoms with E-state index < -0.39 is 0 Å². The first kappa shape index (κ1) is 17.1. The maximum Gasteiger partial charge on any atom is 0.134 e. The van der Waals surface area contributed by atoms with Gasteiger partial charge >= 0.3 is 0 Å². The quantitative estimate of drug-likeness (QED) is 0.457. The first-order valence-electron chi connectivity index (χ1n) is 8.61. The van der Waals surface area contributed by atoms with E-state index in [4.69, 9.17) is 21.8 Å². The summed E-state index contributed by atoms with van der Waals surface area (Å²) < 4.78 is 2.18. The van der Waals surface area contributed by atoms with Crippen LogP contribution in [-0.4, -0.2) is 9.55 Å². The molecule has 0 saturated heterocycles. The van der Waals surface area contributed by atoms with E-state index in [-0.39, 0.29) is 0 Å². The van der Waals surface area contributed by atoms with E-state index in [9.17, 15) is 0 Å². The predicted molar refractivity (Wildman–Crippen MR) is 110 cm³/mol. The molecular formula is C23H16ClN3. The van der Waals surface area contributed by atoms with Gasteiger partial charge < -0.3 is 4.57 Å². The van der Waals surface area contributed by atoms with Crippen LogP contribution in [0.1, 0.15) is 22.5 Å². The smallest absolute Gasteiger partial charge is 0.134 e. The minimum Gasteiger partial charge on any atom is -0.320 e. The fourth-order valence-corrected chi connectivity index (χ4v) is 3.26. The lowest BCUT2D eigenvalue weighted by Gasteiger charge is -2.08. The molecule has 0 N–H and O–H groups in total. The van der Waals surface area contributed by atoms with E-state index in [0.29, 0.717) is 12.1 Å². The highest BCUT2D eigenvalue weighted by atomic mass is 35.5. The summed E-state index contributed by atoms with van der Waals surface area (Å²) in [6.07, 6.45) is 4.02. The number of aromatic nitrogens is 2. The van der Waals surface area contributed by atoms with Crippen molar-refractivity contribution < 1.29 is 0 Å². The Hall–Kier alpha value is -3.35. The van der Waals surface area contributed by atoms with Crippen LogP contribution in [0, 0.1) is 11.3 Å². The molecular weight excluding hydrogens is 354 g/mol. The first-order valence-corrected chi connectivity index (χ1v) is 8.99. The lowest BCUT2D eigenvalue weighted by atomic mass is 10.1. The number of imidazole rings is 1. The highest BCUT2D eigenvalue weighted by Gasteiger charge is 2.09. The Kier molecular flexibility index (Phi) is 4.74. The summed E-state index contributed by atoms with van der Waals surface area (Å²) in [5, 5.41) is 9.65. The predicted octanol–water partition coefficient (Wildman–Crippen LogP) is 5.78. The third kappa shape index (κ3) is 3.76. The van der Waals surface area contributed by atoms with E-state index in [2.05, 4.69) is 22.8 Å². The van der Waals surface area contributed by atoms with Crippen LogP contribution in [-0.2, 0) is 6.54 Å². The number of para-hydroxylation sites is 2. The number of hydrogen-bond acceptors (Lipinski definition) is 2. The highest BCUT2D eigenvalue weighted by Crippen LogP contribution is 2.21. The standard InChI is InChI=1S/C23H16ClN3/c24-20-5-3-4-19(14-20)16-27-22-7-2-1-6-21(22)26-23(27)13-12-17-8-10-18(15-25)11-9-17/h1-14H,16H2. The van der Waals surface area contributed by atoms with Crippen LogP contribution in [0.5, 0.6) is 0 Å². The van der Waals surface area contributed by atoms with Crippen molar-refractivity contribution in [3.63, 3.8) is 0 Å². The maximum absolute atomic E-state index is 8.92. The van der Waals surface area contributed by atoms with Crippen molar-refractivity contribution in [3.05, 3.63) is 100 Å². The summed E-state index contributed by atoms with van der Waals surface area (Å²) >= 11 is 6.15. The van der Waals surface area contributed by atoms with Crippen molar-refractivity contribution in [3.8, 4) is 6.07 Å². The van der Waals surface area contributed by atoms with Crippen molar-refractivity contribution in [2.45, 2.75) is 6.54 Å². The number of fused-ring (bicyclic) bond motifs is 1. The Morgan fingerprint density at radius 3 is 2.56 bits per heavy atom. The van der Waals surface area contributed by atoms with Gasteiger partial charge in [-0.05, 0) is 53.6 Å². The first-order chi connectivity index (χ1) is 13.2. The van der Waals surface area contributed by atoms with Gasteiger partial charge in [0.1, 0.15) is 5.82 Å². The molecule has 4 heteroatoms. The van der Waals surface area contributed by atoms with Crippen LogP contribution in [0.4, 0.5) is 0 Å². The van der Waals surface area contributed by atoms with Gasteiger partial charge in [-0.15, -0.1) is 0 Å². The number of nitriles is 1. The average Bonchev–Trinajstić information content (AvgIpc) is 3.04. The number of nitrogens with zero attached hydrogens (tertiary/aromatic N) is 3. The Bertz CT molecular complexity index is 1160. The molecule has 0 aliphatic rings. The summed E-state index contributed by atoms with van der Waals surface area (Å²) in [5.74, 6) is 0.875. The lowest BCUT2D eigenvalue weighted by molar-refractivity contribution is 0.814. The van der Waals surface area contributed by atoms with Crippen molar-refractivity contribution >= 4 is 34.8 Å². The lowest BCUT2D eigenvalue weighted by Crippen LogP contribution is -2.02. The van der Waals surface area contributed by atoms with E-state index in [0.717, 1.165) is 33.0 Å². The summed E-state index contributed by atoms with van der Waals surface area (Å²) in [6.45, 7) is 0.689. The van der Waals surface area contributed by atoms with Gasteiger partial charge in [-0.25, -0.2) is 4.98 Å². The molecule has 0 aliphatic carbocycles. The third-order valence-electron chi connectivity index (χ3n) is 4.38. The van der Waals surface area contributed by atoms with Crippen LogP contribution in [0.3, 0.4) is 0 Å². The normalized spacial score (nSPS) is 11.1. The van der Waals surface area contributed by atoms with E-state index >= 15 is 0 Å². The maximum atomic E-state index is 8.92. The molecule has 1 heterocycles. The van der Waals surface area contributed by atoms with Crippen LogP contribution in [0.25, 0.3) is 23.2 Å². The number of benzene rings is 3. The van der Waals surface area contributed by atoms with Crippen LogP contribution < -0.4 is 0 Å². The molecule has 0 unspecified atom stereocenters. The molecule has 130 valence electrons. The Morgan fingerprint density at radius 2 is 1.78 bits per heavy atom. The third-order valence-corrected chi connectivity index (χ3v) is 4.61. The van der Waals surface area contributed by atoms with Crippen molar-refractivity contribution in [1.82, 2.24) is 9.55 Å². The fraction of sp³-hybridized carbons (Fsp3) is 0.0435. The van der Waals surface area contributed by atoms with Gasteiger partial charge in [0.05, 0.1) is 22.7 Å². The second-order valence-corrected chi connectivity index (χ2v) is 6.68. The zero-order valence-corrected chi connectivity index (χ0v) is 15.3. The largest absolute Gasteiger partial charge is 0.320 e. The molecule has 27 heavy (non-hydrogen) atoms. The minimum atomic E-state index is 0.653. The van der Waals surface area contributed by atoms with Gasteiger partial charge in [-0.3, -0.25) is 0 Å². The Balaban J connectivity index is 1.73. The van der Waals surface area contributed by atoms with Gasteiger partial charge in [-0.2, -0.15) is 5.26 Å². The van der Waals surface area contributed by atoms with Crippen molar-refractivity contribution in [2.24, 2.45) is 0 Å². The molecule has 3 nitrogen and oxygen atoms in total. The number of hydrogen-bond donors (Lipinski definition) is 0. The van der Waals surface area contributed by atoms with Gasteiger partial charge in [0.2, 0.25) is 0 Å². The fourth-order valence-electron chi connectivity index (χ4n) is 3.04. The number of halogens is 1. The molecule has 0 radical (unpaired) electrons. The van der Waals surface area contributed by atoms with Crippen LogP contribution in [0.15, 0.2) is 72.8 Å². The van der Waals surface area contributed by atoms with E-state index in [1.165, 1.54) is 0 Å². The molecule has 0 bridgehead atoms. The molecule has 0 aliphatic heterocycles. The number of rotatable bonds is 4. The molecule has 4 aromatic rings. The molecule has 4 rings (SSSR count). The van der Waals surface area contributed by atoms with Gasteiger partial charge in [0.15, 0.2) is 0 Å². The van der Waals surface area contributed by atoms with Crippen molar-refractivity contribution in [2.75, 3.05) is 0 Å².